The van der Waals surface area contributed by atoms with Gasteiger partial charge in [-0.2, -0.15) is 4.98 Å². The molecule has 2 aromatic rings. The third-order valence-corrected chi connectivity index (χ3v) is 4.37. The maximum Gasteiger partial charge on any atom is 0.227 e. The molecular weight excluding hydrogens is 308 g/mol. The monoisotopic (exact) mass is 332 g/mol. The molecule has 1 unspecified atom stereocenters. The number of piperazine rings is 1. The largest absolute Gasteiger partial charge is 0.493 e. The summed E-state index contributed by atoms with van der Waals surface area (Å²) in [6.45, 7) is 2.84. The second-order valence-corrected chi connectivity index (χ2v) is 5.94. The molecular formula is C17H24N4O3. The molecule has 1 aliphatic heterocycles. The van der Waals surface area contributed by atoms with Crippen molar-refractivity contribution in [3.05, 3.63) is 35.5 Å². The molecule has 2 heterocycles. The number of aryl methyl sites for hydroxylation is 2. The third kappa shape index (κ3) is 3.68. The SMILES string of the molecule is COc1ccc(CCc2nc(C3CNCCN3C)no2)cc1OC. The van der Waals surface area contributed by atoms with Crippen LogP contribution in [0, 0.1) is 0 Å². The molecule has 0 amide bonds. The van der Waals surface area contributed by atoms with Crippen LogP contribution in [-0.2, 0) is 12.8 Å². The summed E-state index contributed by atoms with van der Waals surface area (Å²) in [6.07, 6.45) is 1.51. The van der Waals surface area contributed by atoms with Gasteiger partial charge in [0.15, 0.2) is 17.3 Å². The summed E-state index contributed by atoms with van der Waals surface area (Å²) in [5, 5.41) is 7.52. The normalized spacial score (nSPS) is 18.5. The van der Waals surface area contributed by atoms with E-state index in [0.29, 0.717) is 12.3 Å². The van der Waals surface area contributed by atoms with Crippen LogP contribution in [0.3, 0.4) is 0 Å². The number of hydrogen-bond acceptors (Lipinski definition) is 7. The molecule has 1 N–H and O–H groups in total. The van der Waals surface area contributed by atoms with Crippen molar-refractivity contribution in [1.29, 1.82) is 0 Å². The Bertz CT molecular complexity index is 674. The number of nitrogens with zero attached hydrogens (tertiary/aromatic N) is 3. The predicted octanol–water partition coefficient (Wildman–Crippen LogP) is 1.45. The zero-order valence-electron chi connectivity index (χ0n) is 14.4. The average Bonchev–Trinajstić information content (AvgIpc) is 3.08. The van der Waals surface area contributed by atoms with Gasteiger partial charge >= 0.3 is 0 Å². The number of rotatable bonds is 6. The van der Waals surface area contributed by atoms with Crippen LogP contribution in [0.15, 0.2) is 22.7 Å². The lowest BCUT2D eigenvalue weighted by atomic mass is 10.1. The van der Waals surface area contributed by atoms with Crippen molar-refractivity contribution in [2.24, 2.45) is 0 Å². The van der Waals surface area contributed by atoms with Crippen LogP contribution in [0.2, 0.25) is 0 Å². The summed E-state index contributed by atoms with van der Waals surface area (Å²) in [4.78, 5) is 6.81. The molecule has 24 heavy (non-hydrogen) atoms. The molecule has 1 aromatic heterocycles. The number of hydrogen-bond donors (Lipinski definition) is 1. The topological polar surface area (TPSA) is 72.7 Å². The minimum absolute atomic E-state index is 0.178. The zero-order chi connectivity index (χ0) is 16.9. The lowest BCUT2D eigenvalue weighted by molar-refractivity contribution is 0.190. The summed E-state index contributed by atoms with van der Waals surface area (Å²) in [6, 6.07) is 6.10. The second kappa shape index (κ2) is 7.63. The first-order chi connectivity index (χ1) is 11.7. The van der Waals surface area contributed by atoms with Gasteiger partial charge in [-0.15, -0.1) is 0 Å². The van der Waals surface area contributed by atoms with Crippen molar-refractivity contribution >= 4 is 0 Å². The standard InChI is InChI=1S/C17H24N4O3/c1-21-9-8-18-11-13(21)17-19-16(24-20-17)7-5-12-4-6-14(22-2)15(10-12)23-3/h4,6,10,13,18H,5,7-9,11H2,1-3H3. The van der Waals surface area contributed by atoms with E-state index in [2.05, 4.69) is 27.4 Å². The minimum Gasteiger partial charge on any atom is -0.493 e. The second-order valence-electron chi connectivity index (χ2n) is 5.94. The molecule has 1 aromatic carbocycles. The van der Waals surface area contributed by atoms with Crippen molar-refractivity contribution in [3.8, 4) is 11.5 Å². The Morgan fingerprint density at radius 3 is 2.83 bits per heavy atom. The quantitative estimate of drug-likeness (QED) is 0.858. The Morgan fingerprint density at radius 1 is 1.25 bits per heavy atom. The van der Waals surface area contributed by atoms with Gasteiger partial charge in [0.05, 0.1) is 20.3 Å². The summed E-state index contributed by atoms with van der Waals surface area (Å²) < 4.78 is 16.0. The van der Waals surface area contributed by atoms with E-state index >= 15 is 0 Å². The Morgan fingerprint density at radius 2 is 2.08 bits per heavy atom. The highest BCUT2D eigenvalue weighted by Gasteiger charge is 2.25. The highest BCUT2D eigenvalue weighted by atomic mass is 16.5. The molecule has 7 heteroatoms. The van der Waals surface area contributed by atoms with Crippen LogP contribution in [0.4, 0.5) is 0 Å². The van der Waals surface area contributed by atoms with E-state index in [0.717, 1.165) is 48.9 Å². The Balaban J connectivity index is 1.63. The Hall–Kier alpha value is -2.12. The van der Waals surface area contributed by atoms with Crippen LogP contribution < -0.4 is 14.8 Å². The van der Waals surface area contributed by atoms with Crippen LogP contribution in [0.5, 0.6) is 11.5 Å². The maximum atomic E-state index is 5.42. The molecule has 0 radical (unpaired) electrons. The van der Waals surface area contributed by atoms with Crippen molar-refractivity contribution < 1.29 is 14.0 Å². The van der Waals surface area contributed by atoms with Gasteiger partial charge in [-0.3, -0.25) is 4.90 Å². The number of nitrogens with one attached hydrogen (secondary N) is 1. The summed E-state index contributed by atoms with van der Waals surface area (Å²) in [7, 11) is 5.36. The van der Waals surface area contributed by atoms with Crippen LogP contribution in [0.25, 0.3) is 0 Å². The van der Waals surface area contributed by atoms with Gasteiger partial charge in [0.1, 0.15) is 0 Å². The van der Waals surface area contributed by atoms with E-state index in [-0.39, 0.29) is 6.04 Å². The van der Waals surface area contributed by atoms with Gasteiger partial charge in [-0.1, -0.05) is 11.2 Å². The first-order valence-corrected chi connectivity index (χ1v) is 8.15. The Labute approximate surface area is 141 Å². The van der Waals surface area contributed by atoms with E-state index in [1.54, 1.807) is 14.2 Å². The molecule has 0 saturated carbocycles. The molecule has 3 rings (SSSR count). The van der Waals surface area contributed by atoms with E-state index in [9.17, 15) is 0 Å². The van der Waals surface area contributed by atoms with Crippen LogP contribution in [-0.4, -0.2) is 55.9 Å². The van der Waals surface area contributed by atoms with Gasteiger partial charge in [0.25, 0.3) is 0 Å². The van der Waals surface area contributed by atoms with E-state index < -0.39 is 0 Å². The smallest absolute Gasteiger partial charge is 0.227 e. The van der Waals surface area contributed by atoms with Gasteiger partial charge in [-0.05, 0) is 31.2 Å². The number of ether oxygens (including phenoxy) is 2. The number of methoxy groups -OCH3 is 2. The van der Waals surface area contributed by atoms with Crippen molar-refractivity contribution in [1.82, 2.24) is 20.4 Å². The molecule has 130 valence electrons. The molecule has 1 atom stereocenters. The highest BCUT2D eigenvalue weighted by molar-refractivity contribution is 5.42. The van der Waals surface area contributed by atoms with Crippen molar-refractivity contribution in [2.45, 2.75) is 18.9 Å². The van der Waals surface area contributed by atoms with Crippen LogP contribution in [0.1, 0.15) is 23.3 Å². The molecule has 0 spiro atoms. The molecule has 0 aliphatic carbocycles. The summed E-state index contributed by atoms with van der Waals surface area (Å²) in [5.74, 6) is 2.89. The first kappa shape index (κ1) is 16.7. The number of aromatic nitrogens is 2. The average molecular weight is 332 g/mol. The molecule has 7 nitrogen and oxygen atoms in total. The summed E-state index contributed by atoms with van der Waals surface area (Å²) >= 11 is 0. The fourth-order valence-corrected chi connectivity index (χ4v) is 2.89. The van der Waals surface area contributed by atoms with Gasteiger partial charge < -0.3 is 19.3 Å². The van der Waals surface area contributed by atoms with Gasteiger partial charge in [0, 0.05) is 26.1 Å². The fraction of sp³-hybridized carbons (Fsp3) is 0.529. The van der Waals surface area contributed by atoms with E-state index in [1.807, 2.05) is 18.2 Å². The van der Waals surface area contributed by atoms with E-state index in [4.69, 9.17) is 14.0 Å². The third-order valence-electron chi connectivity index (χ3n) is 4.37. The fourth-order valence-electron chi connectivity index (χ4n) is 2.89. The molecule has 1 aliphatic rings. The van der Waals surface area contributed by atoms with Crippen molar-refractivity contribution in [3.63, 3.8) is 0 Å². The Kier molecular flexibility index (Phi) is 5.32. The lowest BCUT2D eigenvalue weighted by Crippen LogP contribution is -2.44. The molecule has 1 saturated heterocycles. The van der Waals surface area contributed by atoms with Gasteiger partial charge in [-0.25, -0.2) is 0 Å². The molecule has 1 fully saturated rings. The first-order valence-electron chi connectivity index (χ1n) is 8.15. The zero-order valence-corrected chi connectivity index (χ0v) is 14.4. The lowest BCUT2D eigenvalue weighted by Gasteiger charge is -2.30. The maximum absolute atomic E-state index is 5.42. The van der Waals surface area contributed by atoms with Crippen LogP contribution >= 0.6 is 0 Å². The minimum atomic E-state index is 0.178. The molecule has 0 bridgehead atoms. The van der Waals surface area contributed by atoms with E-state index in [1.165, 1.54) is 0 Å². The van der Waals surface area contributed by atoms with Crippen molar-refractivity contribution in [2.75, 3.05) is 40.9 Å². The summed E-state index contributed by atoms with van der Waals surface area (Å²) in [5.41, 5.74) is 1.14. The van der Waals surface area contributed by atoms with Gasteiger partial charge in [0.2, 0.25) is 5.89 Å². The number of benzene rings is 1. The highest BCUT2D eigenvalue weighted by Crippen LogP contribution is 2.28. The predicted molar refractivity (Wildman–Crippen MR) is 89.5 cm³/mol. The number of likely N-dealkylation sites (N-methyl/N-ethyl adjacent to an activating group) is 1.